The number of aromatic amines is 1. The van der Waals surface area contributed by atoms with Gasteiger partial charge in [-0.1, -0.05) is 17.7 Å². The van der Waals surface area contributed by atoms with Crippen LogP contribution in [0.15, 0.2) is 30.3 Å². The van der Waals surface area contributed by atoms with Crippen molar-refractivity contribution in [2.24, 2.45) is 0 Å². The smallest absolute Gasteiger partial charge is 0.182 e. The van der Waals surface area contributed by atoms with Crippen LogP contribution in [0.5, 0.6) is 0 Å². The van der Waals surface area contributed by atoms with E-state index in [0.717, 1.165) is 0 Å². The molecule has 1 aromatic heterocycles. The first-order chi connectivity index (χ1) is 9.49. The molecule has 0 saturated heterocycles. The number of hydrogen-bond acceptors (Lipinski definition) is 1. The summed E-state index contributed by atoms with van der Waals surface area (Å²) in [6.07, 6.45) is 0. The van der Waals surface area contributed by atoms with Crippen molar-refractivity contribution >= 4 is 34.9 Å². The van der Waals surface area contributed by atoms with Crippen LogP contribution in [0.1, 0.15) is 5.56 Å². The number of benzene rings is 2. The van der Waals surface area contributed by atoms with Crippen LogP contribution in [0, 0.1) is 23.3 Å². The lowest BCUT2D eigenvalue weighted by Gasteiger charge is -2.07. The van der Waals surface area contributed by atoms with Crippen LogP contribution in [0.25, 0.3) is 16.7 Å². The van der Waals surface area contributed by atoms with Crippen LogP contribution in [-0.4, -0.2) is 9.55 Å². The highest BCUT2D eigenvalue weighted by molar-refractivity contribution is 7.71. The van der Waals surface area contributed by atoms with Crippen molar-refractivity contribution < 1.29 is 8.78 Å². The van der Waals surface area contributed by atoms with E-state index in [0.29, 0.717) is 16.6 Å². The third-order valence-electron chi connectivity index (χ3n) is 3.13. The third kappa shape index (κ3) is 1.94. The molecule has 0 aliphatic heterocycles. The predicted octanol–water partition coefficient (Wildman–Crippen LogP) is 4.93. The Morgan fingerprint density at radius 3 is 2.75 bits per heavy atom. The molecule has 0 spiro atoms. The largest absolute Gasteiger partial charge is 0.330 e. The highest BCUT2D eigenvalue weighted by Crippen LogP contribution is 2.26. The van der Waals surface area contributed by atoms with E-state index in [2.05, 4.69) is 4.98 Å². The lowest BCUT2D eigenvalue weighted by Crippen LogP contribution is -1.98. The maximum Gasteiger partial charge on any atom is 0.182 e. The number of aromatic nitrogens is 2. The minimum atomic E-state index is -0.562. The Morgan fingerprint density at radius 2 is 2.00 bits per heavy atom. The molecule has 102 valence electrons. The maximum absolute atomic E-state index is 14.2. The zero-order chi connectivity index (χ0) is 14.4. The molecule has 0 fully saturated rings. The summed E-state index contributed by atoms with van der Waals surface area (Å²) in [6, 6.07) is 7.64. The second-order valence-electron chi connectivity index (χ2n) is 4.46. The number of rotatable bonds is 1. The third-order valence-corrected chi connectivity index (χ3v) is 3.71. The molecule has 6 heteroatoms. The molecule has 20 heavy (non-hydrogen) atoms. The second kappa shape index (κ2) is 4.68. The van der Waals surface area contributed by atoms with Gasteiger partial charge in [-0.2, -0.15) is 0 Å². The summed E-state index contributed by atoms with van der Waals surface area (Å²) in [4.78, 5) is 2.87. The van der Waals surface area contributed by atoms with Crippen LogP contribution in [0.4, 0.5) is 8.78 Å². The van der Waals surface area contributed by atoms with Crippen LogP contribution in [0.2, 0.25) is 5.02 Å². The van der Waals surface area contributed by atoms with E-state index in [-0.39, 0.29) is 21.3 Å². The highest BCUT2D eigenvalue weighted by Gasteiger charge is 2.14. The van der Waals surface area contributed by atoms with Crippen molar-refractivity contribution in [2.75, 3.05) is 0 Å². The summed E-state index contributed by atoms with van der Waals surface area (Å²) >= 11 is 11.0. The minimum Gasteiger partial charge on any atom is -0.330 e. The second-order valence-corrected chi connectivity index (χ2v) is 5.25. The Kier molecular flexibility index (Phi) is 3.11. The minimum absolute atomic E-state index is 0.0117. The summed E-state index contributed by atoms with van der Waals surface area (Å²) in [6.45, 7) is 1.64. The Bertz CT molecular complexity index is 883. The molecule has 0 saturated carbocycles. The van der Waals surface area contributed by atoms with Gasteiger partial charge in [-0.15, -0.1) is 0 Å². The van der Waals surface area contributed by atoms with E-state index in [1.165, 1.54) is 16.7 Å². The maximum atomic E-state index is 14.2. The quantitative estimate of drug-likeness (QED) is 0.632. The Labute approximate surface area is 123 Å². The number of H-pyrrole nitrogens is 1. The average molecular weight is 311 g/mol. The normalized spacial score (nSPS) is 11.2. The number of nitrogens with one attached hydrogen (secondary N) is 1. The molecule has 2 aromatic carbocycles. The zero-order valence-corrected chi connectivity index (χ0v) is 11.9. The van der Waals surface area contributed by atoms with Crippen LogP contribution in [-0.2, 0) is 0 Å². The molecular weight excluding hydrogens is 302 g/mol. The lowest BCUT2D eigenvalue weighted by molar-refractivity contribution is 0.618. The summed E-state index contributed by atoms with van der Waals surface area (Å²) in [5.74, 6) is -0.902. The van der Waals surface area contributed by atoms with Gasteiger partial charge in [0.1, 0.15) is 5.82 Å². The van der Waals surface area contributed by atoms with Gasteiger partial charge in [-0.25, -0.2) is 8.78 Å². The standard InChI is InChI=1S/C14H9ClF2N2S/c1-7-5-12-10(6-9(7)16)18-14(20)19(12)11-4-2-3-8(15)13(11)17/h2-6H,1H3,(H,18,20). The molecule has 0 radical (unpaired) electrons. The molecule has 0 atom stereocenters. The van der Waals surface area contributed by atoms with Gasteiger partial charge in [0.15, 0.2) is 10.6 Å². The molecule has 1 N–H and O–H groups in total. The molecule has 2 nitrogen and oxygen atoms in total. The summed E-state index contributed by atoms with van der Waals surface area (Å²) in [7, 11) is 0. The number of aryl methyl sites for hydroxylation is 1. The van der Waals surface area contributed by atoms with Gasteiger partial charge in [0.05, 0.1) is 21.7 Å². The van der Waals surface area contributed by atoms with Gasteiger partial charge in [0, 0.05) is 0 Å². The monoisotopic (exact) mass is 310 g/mol. The van der Waals surface area contributed by atoms with Crippen molar-refractivity contribution in [1.82, 2.24) is 9.55 Å². The van der Waals surface area contributed by atoms with E-state index in [1.54, 1.807) is 25.1 Å². The van der Waals surface area contributed by atoms with Gasteiger partial charge >= 0.3 is 0 Å². The first-order valence-electron chi connectivity index (χ1n) is 5.84. The van der Waals surface area contributed by atoms with Gasteiger partial charge in [-0.05, 0) is 49.0 Å². The molecule has 0 bridgehead atoms. The summed E-state index contributed by atoms with van der Waals surface area (Å²) < 4.78 is 29.5. The van der Waals surface area contributed by atoms with Crippen molar-refractivity contribution in [1.29, 1.82) is 0 Å². The van der Waals surface area contributed by atoms with Crippen LogP contribution in [0.3, 0.4) is 0 Å². The molecule has 0 unspecified atom stereocenters. The first kappa shape index (κ1) is 13.3. The van der Waals surface area contributed by atoms with Crippen LogP contribution < -0.4 is 0 Å². The van der Waals surface area contributed by atoms with Gasteiger partial charge < -0.3 is 4.98 Å². The molecule has 0 aliphatic carbocycles. The van der Waals surface area contributed by atoms with Crippen molar-refractivity contribution in [3.8, 4) is 5.69 Å². The Morgan fingerprint density at radius 1 is 1.25 bits per heavy atom. The summed E-state index contributed by atoms with van der Waals surface area (Å²) in [5, 5.41) is 0.0117. The van der Waals surface area contributed by atoms with Crippen LogP contribution >= 0.6 is 23.8 Å². The SMILES string of the molecule is Cc1cc2c(cc1F)[nH]c(=S)n2-c1cccc(Cl)c1F. The fraction of sp³-hybridized carbons (Fsp3) is 0.0714. The van der Waals surface area contributed by atoms with Crippen molar-refractivity contribution in [3.05, 3.63) is 57.3 Å². The fourth-order valence-corrected chi connectivity index (χ4v) is 2.61. The molecule has 3 rings (SSSR count). The molecule has 3 aromatic rings. The first-order valence-corrected chi connectivity index (χ1v) is 6.63. The lowest BCUT2D eigenvalue weighted by atomic mass is 10.2. The molecule has 1 heterocycles. The van der Waals surface area contributed by atoms with Crippen molar-refractivity contribution in [2.45, 2.75) is 6.92 Å². The Hall–Kier alpha value is -1.72. The average Bonchev–Trinajstić information content (AvgIpc) is 2.69. The van der Waals surface area contributed by atoms with Crippen molar-refractivity contribution in [3.63, 3.8) is 0 Å². The fourth-order valence-electron chi connectivity index (χ4n) is 2.14. The van der Waals surface area contributed by atoms with E-state index < -0.39 is 5.82 Å². The van der Waals surface area contributed by atoms with Gasteiger partial charge in [0.25, 0.3) is 0 Å². The Balaban J connectivity index is 2.42. The number of halogens is 3. The predicted molar refractivity (Wildman–Crippen MR) is 78.1 cm³/mol. The van der Waals surface area contributed by atoms with Gasteiger partial charge in [0.2, 0.25) is 0 Å². The number of nitrogens with zero attached hydrogens (tertiary/aromatic N) is 1. The number of fused-ring (bicyclic) bond motifs is 1. The molecular formula is C14H9ClF2N2S. The van der Waals surface area contributed by atoms with E-state index in [1.807, 2.05) is 0 Å². The number of imidazole rings is 1. The molecule has 0 aliphatic rings. The summed E-state index contributed by atoms with van der Waals surface area (Å²) in [5.41, 5.74) is 1.81. The zero-order valence-electron chi connectivity index (χ0n) is 10.4. The topological polar surface area (TPSA) is 20.7 Å². The van der Waals surface area contributed by atoms with Gasteiger partial charge in [-0.3, -0.25) is 4.57 Å². The van der Waals surface area contributed by atoms with E-state index >= 15 is 0 Å². The highest BCUT2D eigenvalue weighted by atomic mass is 35.5. The molecule has 0 amide bonds. The van der Waals surface area contributed by atoms with E-state index in [9.17, 15) is 8.78 Å². The number of hydrogen-bond donors (Lipinski definition) is 1. The van der Waals surface area contributed by atoms with E-state index in [4.69, 9.17) is 23.8 Å².